The van der Waals surface area contributed by atoms with E-state index in [1.807, 2.05) is 0 Å². The van der Waals surface area contributed by atoms with Crippen molar-refractivity contribution in [3.05, 3.63) is 33.6 Å². The number of aromatic nitrogens is 2. The van der Waals surface area contributed by atoms with Gasteiger partial charge in [0, 0.05) is 11.1 Å². The first kappa shape index (κ1) is 14.4. The predicted octanol–water partition coefficient (Wildman–Crippen LogP) is 3.96. The van der Waals surface area contributed by atoms with Crippen LogP contribution in [-0.4, -0.2) is 16.0 Å². The standard InChI is InChI=1S/C16H20ClN3O/c1-10(11-5-3-2-4-6-11)18-16-19-14-8-7-12(17)9-13(14)15(21)20-16/h7-11H,2-6H2,1H3,(H2,18,19,20,21)/t10-/m1/s1. The highest BCUT2D eigenvalue weighted by molar-refractivity contribution is 6.31. The van der Waals surface area contributed by atoms with Crippen molar-refractivity contribution in [3.63, 3.8) is 0 Å². The molecule has 2 aromatic rings. The minimum atomic E-state index is -0.152. The topological polar surface area (TPSA) is 57.8 Å². The van der Waals surface area contributed by atoms with E-state index in [4.69, 9.17) is 11.6 Å². The summed E-state index contributed by atoms with van der Waals surface area (Å²) in [5, 5.41) is 4.43. The number of H-pyrrole nitrogens is 1. The molecule has 0 unspecified atom stereocenters. The van der Waals surface area contributed by atoms with Gasteiger partial charge in [0.2, 0.25) is 5.95 Å². The van der Waals surface area contributed by atoms with Gasteiger partial charge in [-0.2, -0.15) is 0 Å². The summed E-state index contributed by atoms with van der Waals surface area (Å²) in [5.74, 6) is 1.21. The number of hydrogen-bond donors (Lipinski definition) is 2. The van der Waals surface area contributed by atoms with Crippen LogP contribution in [0.25, 0.3) is 10.9 Å². The third-order valence-corrected chi connectivity index (χ3v) is 4.62. The molecular weight excluding hydrogens is 286 g/mol. The minimum absolute atomic E-state index is 0.152. The Morgan fingerprint density at radius 3 is 2.86 bits per heavy atom. The largest absolute Gasteiger partial charge is 0.353 e. The predicted molar refractivity (Wildman–Crippen MR) is 87.0 cm³/mol. The number of halogens is 1. The lowest BCUT2D eigenvalue weighted by molar-refractivity contribution is 0.327. The molecule has 1 saturated carbocycles. The highest BCUT2D eigenvalue weighted by Crippen LogP contribution is 2.27. The van der Waals surface area contributed by atoms with Gasteiger partial charge in [-0.1, -0.05) is 30.9 Å². The van der Waals surface area contributed by atoms with Crippen molar-refractivity contribution in [1.82, 2.24) is 9.97 Å². The number of anilines is 1. The first-order chi connectivity index (χ1) is 10.1. The third kappa shape index (κ3) is 3.21. The summed E-state index contributed by atoms with van der Waals surface area (Å²) < 4.78 is 0. The number of aromatic amines is 1. The summed E-state index contributed by atoms with van der Waals surface area (Å²) in [6, 6.07) is 5.50. The van der Waals surface area contributed by atoms with Gasteiger partial charge >= 0.3 is 0 Å². The SMILES string of the molecule is C[C@@H](Nc1nc2ccc(Cl)cc2c(=O)[nH]1)C1CCCCC1. The molecule has 112 valence electrons. The highest BCUT2D eigenvalue weighted by Gasteiger charge is 2.20. The normalized spacial score (nSPS) is 17.8. The fraction of sp³-hybridized carbons (Fsp3) is 0.500. The molecule has 0 aliphatic heterocycles. The van der Waals surface area contributed by atoms with E-state index in [0.717, 1.165) is 0 Å². The molecule has 1 heterocycles. The van der Waals surface area contributed by atoms with E-state index in [2.05, 4.69) is 22.2 Å². The van der Waals surface area contributed by atoms with E-state index in [1.54, 1.807) is 18.2 Å². The molecule has 1 atom stereocenters. The van der Waals surface area contributed by atoms with Crippen molar-refractivity contribution in [3.8, 4) is 0 Å². The number of hydrogen-bond acceptors (Lipinski definition) is 3. The van der Waals surface area contributed by atoms with Crippen LogP contribution in [0.4, 0.5) is 5.95 Å². The molecule has 4 nitrogen and oxygen atoms in total. The molecule has 0 radical (unpaired) electrons. The van der Waals surface area contributed by atoms with Gasteiger partial charge in [-0.25, -0.2) is 4.98 Å². The van der Waals surface area contributed by atoms with E-state index in [9.17, 15) is 4.79 Å². The zero-order chi connectivity index (χ0) is 14.8. The van der Waals surface area contributed by atoms with E-state index in [1.165, 1.54) is 32.1 Å². The monoisotopic (exact) mass is 305 g/mol. The molecule has 1 fully saturated rings. The van der Waals surface area contributed by atoms with Crippen molar-refractivity contribution >= 4 is 28.5 Å². The molecule has 3 rings (SSSR count). The summed E-state index contributed by atoms with van der Waals surface area (Å²) in [6.45, 7) is 2.17. The van der Waals surface area contributed by atoms with E-state index < -0.39 is 0 Å². The maximum absolute atomic E-state index is 12.1. The molecule has 1 aliphatic rings. The quantitative estimate of drug-likeness (QED) is 0.902. The minimum Gasteiger partial charge on any atom is -0.353 e. The third-order valence-electron chi connectivity index (χ3n) is 4.39. The second-order valence-corrected chi connectivity index (χ2v) is 6.34. The van der Waals surface area contributed by atoms with Crippen molar-refractivity contribution < 1.29 is 0 Å². The average molecular weight is 306 g/mol. The Morgan fingerprint density at radius 2 is 2.10 bits per heavy atom. The summed E-state index contributed by atoms with van der Waals surface area (Å²) in [5.41, 5.74) is 0.516. The molecule has 1 aromatic carbocycles. The smallest absolute Gasteiger partial charge is 0.260 e. The Labute approximate surface area is 128 Å². The van der Waals surface area contributed by atoms with E-state index in [-0.39, 0.29) is 5.56 Å². The van der Waals surface area contributed by atoms with Crippen LogP contribution in [0.15, 0.2) is 23.0 Å². The number of benzene rings is 1. The fourth-order valence-electron chi connectivity index (χ4n) is 3.15. The molecule has 0 bridgehead atoms. The van der Waals surface area contributed by atoms with Crippen LogP contribution in [0, 0.1) is 5.92 Å². The Bertz CT molecular complexity index is 691. The Hall–Kier alpha value is -1.55. The van der Waals surface area contributed by atoms with Gasteiger partial charge in [-0.05, 0) is 43.9 Å². The molecule has 0 saturated heterocycles. The lowest BCUT2D eigenvalue weighted by atomic mass is 9.85. The molecule has 2 N–H and O–H groups in total. The fourth-order valence-corrected chi connectivity index (χ4v) is 3.32. The maximum atomic E-state index is 12.1. The van der Waals surface area contributed by atoms with Crippen LogP contribution in [0.1, 0.15) is 39.0 Å². The van der Waals surface area contributed by atoms with Gasteiger partial charge in [-0.3, -0.25) is 9.78 Å². The molecule has 1 aliphatic carbocycles. The summed E-state index contributed by atoms with van der Waals surface area (Å²) in [7, 11) is 0. The lowest BCUT2D eigenvalue weighted by Crippen LogP contribution is -2.29. The zero-order valence-corrected chi connectivity index (χ0v) is 12.9. The average Bonchev–Trinajstić information content (AvgIpc) is 2.49. The molecule has 1 aromatic heterocycles. The van der Waals surface area contributed by atoms with E-state index in [0.29, 0.717) is 33.8 Å². The van der Waals surface area contributed by atoms with Crippen molar-refractivity contribution in [1.29, 1.82) is 0 Å². The van der Waals surface area contributed by atoms with Crippen LogP contribution in [0.5, 0.6) is 0 Å². The van der Waals surface area contributed by atoms with Crippen molar-refractivity contribution in [2.24, 2.45) is 5.92 Å². The van der Waals surface area contributed by atoms with Crippen molar-refractivity contribution in [2.75, 3.05) is 5.32 Å². The van der Waals surface area contributed by atoms with Crippen LogP contribution >= 0.6 is 11.6 Å². The number of fused-ring (bicyclic) bond motifs is 1. The Morgan fingerprint density at radius 1 is 1.33 bits per heavy atom. The highest BCUT2D eigenvalue weighted by atomic mass is 35.5. The molecule has 21 heavy (non-hydrogen) atoms. The molecular formula is C16H20ClN3O. The van der Waals surface area contributed by atoms with Gasteiger partial charge < -0.3 is 5.32 Å². The second-order valence-electron chi connectivity index (χ2n) is 5.91. The zero-order valence-electron chi connectivity index (χ0n) is 12.2. The second kappa shape index (κ2) is 6.06. The maximum Gasteiger partial charge on any atom is 0.260 e. The van der Waals surface area contributed by atoms with Crippen molar-refractivity contribution in [2.45, 2.75) is 45.1 Å². The Balaban J connectivity index is 1.84. The number of rotatable bonds is 3. The molecule has 0 spiro atoms. The van der Waals surface area contributed by atoms with Gasteiger partial charge in [-0.15, -0.1) is 0 Å². The van der Waals surface area contributed by atoms with Gasteiger partial charge in [0.1, 0.15) is 0 Å². The van der Waals surface area contributed by atoms with Crippen LogP contribution in [0.2, 0.25) is 5.02 Å². The summed E-state index contributed by atoms with van der Waals surface area (Å²) in [6.07, 6.45) is 6.45. The van der Waals surface area contributed by atoms with Gasteiger partial charge in [0.15, 0.2) is 0 Å². The first-order valence-electron chi connectivity index (χ1n) is 7.59. The molecule has 5 heteroatoms. The van der Waals surface area contributed by atoms with E-state index >= 15 is 0 Å². The van der Waals surface area contributed by atoms with Gasteiger partial charge in [0.25, 0.3) is 5.56 Å². The van der Waals surface area contributed by atoms with Crippen LogP contribution < -0.4 is 10.9 Å². The van der Waals surface area contributed by atoms with Crippen LogP contribution in [0.3, 0.4) is 0 Å². The summed E-state index contributed by atoms with van der Waals surface area (Å²) in [4.78, 5) is 19.4. The Kier molecular flexibility index (Phi) is 4.15. The van der Waals surface area contributed by atoms with Crippen LogP contribution in [-0.2, 0) is 0 Å². The number of nitrogens with zero attached hydrogens (tertiary/aromatic N) is 1. The first-order valence-corrected chi connectivity index (χ1v) is 7.97. The van der Waals surface area contributed by atoms with Gasteiger partial charge in [0.05, 0.1) is 10.9 Å². The molecule has 0 amide bonds. The summed E-state index contributed by atoms with van der Waals surface area (Å²) >= 11 is 5.92. The lowest BCUT2D eigenvalue weighted by Gasteiger charge is -2.28. The number of nitrogens with one attached hydrogen (secondary N) is 2.